The lowest BCUT2D eigenvalue weighted by Gasteiger charge is -1.99. The van der Waals surface area contributed by atoms with Crippen molar-refractivity contribution in [3.63, 3.8) is 0 Å². The van der Waals surface area contributed by atoms with Gasteiger partial charge in [0.15, 0.2) is 0 Å². The summed E-state index contributed by atoms with van der Waals surface area (Å²) < 4.78 is 2.39. The van der Waals surface area contributed by atoms with Gasteiger partial charge in [-0.15, -0.1) is 23.1 Å². The summed E-state index contributed by atoms with van der Waals surface area (Å²) in [7, 11) is 0. The Morgan fingerprint density at radius 2 is 2.00 bits per heavy atom. The molecule has 0 N–H and O–H groups in total. The average Bonchev–Trinajstić information content (AvgIpc) is 2.79. The van der Waals surface area contributed by atoms with Gasteiger partial charge in [0.25, 0.3) is 0 Å². The molecule has 0 aliphatic rings. The highest BCUT2D eigenvalue weighted by Crippen LogP contribution is 2.29. The Morgan fingerprint density at radius 1 is 1.11 bits per heavy atom. The molecule has 3 rings (SSSR count). The molecular weight excluding hydrogens is 326 g/mol. The summed E-state index contributed by atoms with van der Waals surface area (Å²) in [5.41, 5.74) is 1.10. The number of rotatable bonds is 3. The summed E-state index contributed by atoms with van der Waals surface area (Å²) in [5, 5.41) is 1.18. The number of hydrogen-bond donors (Lipinski definition) is 0. The van der Waals surface area contributed by atoms with Crippen molar-refractivity contribution in [2.75, 3.05) is 0 Å². The highest BCUT2D eigenvalue weighted by Gasteiger charge is 2.04. The second kappa shape index (κ2) is 5.43. The smallest absolute Gasteiger partial charge is 0.104 e. The van der Waals surface area contributed by atoms with E-state index < -0.39 is 0 Å². The minimum atomic E-state index is 0.926. The van der Waals surface area contributed by atoms with Crippen LogP contribution in [-0.4, -0.2) is 4.98 Å². The molecule has 0 saturated carbocycles. The number of hydrogen-bond acceptors (Lipinski definition) is 3. The van der Waals surface area contributed by atoms with Crippen molar-refractivity contribution in [2.24, 2.45) is 0 Å². The Morgan fingerprint density at radius 3 is 2.83 bits per heavy atom. The van der Waals surface area contributed by atoms with E-state index in [9.17, 15) is 0 Å². The van der Waals surface area contributed by atoms with Crippen LogP contribution >= 0.6 is 39.0 Å². The number of halogens is 1. The third-order valence-electron chi connectivity index (χ3n) is 2.50. The molecule has 0 fully saturated rings. The SMILES string of the molecule is Brc1cccc(SCc2nc3ccccc3s2)c1. The maximum atomic E-state index is 4.64. The Kier molecular flexibility index (Phi) is 3.68. The van der Waals surface area contributed by atoms with Gasteiger partial charge in [-0.1, -0.05) is 34.1 Å². The van der Waals surface area contributed by atoms with Crippen LogP contribution in [0.5, 0.6) is 0 Å². The van der Waals surface area contributed by atoms with E-state index >= 15 is 0 Å². The first-order valence-corrected chi connectivity index (χ1v) is 8.13. The normalized spacial score (nSPS) is 10.9. The maximum absolute atomic E-state index is 4.64. The molecule has 4 heteroatoms. The third-order valence-corrected chi connectivity index (χ3v) is 5.21. The van der Waals surface area contributed by atoms with Crippen LogP contribution in [-0.2, 0) is 5.75 Å². The van der Waals surface area contributed by atoms with Crippen LogP contribution in [0.1, 0.15) is 5.01 Å². The predicted octanol–water partition coefficient (Wildman–Crippen LogP) is 5.35. The molecule has 3 aromatic rings. The van der Waals surface area contributed by atoms with E-state index in [1.807, 2.05) is 23.9 Å². The number of para-hydroxylation sites is 1. The highest BCUT2D eigenvalue weighted by molar-refractivity contribution is 9.10. The van der Waals surface area contributed by atoms with Crippen molar-refractivity contribution >= 4 is 49.2 Å². The number of nitrogens with zero attached hydrogens (tertiary/aromatic N) is 1. The van der Waals surface area contributed by atoms with Crippen LogP contribution in [0.4, 0.5) is 0 Å². The van der Waals surface area contributed by atoms with Gasteiger partial charge in [-0.3, -0.25) is 0 Å². The van der Waals surface area contributed by atoms with Crippen molar-refractivity contribution in [3.8, 4) is 0 Å². The Labute approximate surface area is 122 Å². The molecule has 1 aromatic heterocycles. The van der Waals surface area contributed by atoms with Crippen molar-refractivity contribution in [2.45, 2.75) is 10.6 Å². The lowest BCUT2D eigenvalue weighted by molar-refractivity contribution is 1.30. The zero-order valence-corrected chi connectivity index (χ0v) is 12.7. The minimum Gasteiger partial charge on any atom is -0.240 e. The number of thiazole rings is 1. The van der Waals surface area contributed by atoms with Crippen molar-refractivity contribution in [1.82, 2.24) is 4.98 Å². The third kappa shape index (κ3) is 2.76. The van der Waals surface area contributed by atoms with Gasteiger partial charge in [0.2, 0.25) is 0 Å². The molecule has 0 radical (unpaired) electrons. The lowest BCUT2D eigenvalue weighted by atomic mass is 10.3. The Hall–Kier alpha value is -0.840. The fourth-order valence-electron chi connectivity index (χ4n) is 1.68. The summed E-state index contributed by atoms with van der Waals surface area (Å²) in [6, 6.07) is 16.7. The van der Waals surface area contributed by atoms with Crippen molar-refractivity contribution < 1.29 is 0 Å². The van der Waals surface area contributed by atoms with Crippen LogP contribution in [0.2, 0.25) is 0 Å². The summed E-state index contributed by atoms with van der Waals surface area (Å²) in [5.74, 6) is 0.926. The summed E-state index contributed by atoms with van der Waals surface area (Å²) in [4.78, 5) is 5.90. The monoisotopic (exact) mass is 335 g/mol. The number of fused-ring (bicyclic) bond motifs is 1. The van der Waals surface area contributed by atoms with Crippen LogP contribution < -0.4 is 0 Å². The zero-order valence-electron chi connectivity index (χ0n) is 9.47. The molecule has 1 heterocycles. The molecule has 0 saturated heterocycles. The lowest BCUT2D eigenvalue weighted by Crippen LogP contribution is -1.78. The van der Waals surface area contributed by atoms with E-state index in [1.165, 1.54) is 14.6 Å². The Balaban J connectivity index is 1.76. The van der Waals surface area contributed by atoms with Gasteiger partial charge < -0.3 is 0 Å². The molecule has 18 heavy (non-hydrogen) atoms. The molecule has 0 aliphatic carbocycles. The number of benzene rings is 2. The molecule has 0 atom stereocenters. The van der Waals surface area contributed by atoms with Crippen LogP contribution in [0.25, 0.3) is 10.2 Å². The fraction of sp³-hybridized carbons (Fsp3) is 0.0714. The average molecular weight is 336 g/mol. The first-order chi connectivity index (χ1) is 8.81. The molecule has 0 bridgehead atoms. The summed E-state index contributed by atoms with van der Waals surface area (Å²) >= 11 is 7.09. The number of aromatic nitrogens is 1. The second-order valence-corrected chi connectivity index (χ2v) is 6.90. The van der Waals surface area contributed by atoms with E-state index in [-0.39, 0.29) is 0 Å². The fourth-order valence-corrected chi connectivity index (χ4v) is 4.15. The second-order valence-electron chi connectivity index (χ2n) is 3.82. The molecular formula is C14H10BrNS2. The topological polar surface area (TPSA) is 12.9 Å². The molecule has 90 valence electrons. The molecule has 0 unspecified atom stereocenters. The standard InChI is InChI=1S/C14H10BrNS2/c15-10-4-3-5-11(8-10)17-9-14-16-12-6-1-2-7-13(12)18-14/h1-8H,9H2. The molecule has 0 aliphatic heterocycles. The molecule has 0 spiro atoms. The first-order valence-electron chi connectivity index (χ1n) is 5.54. The molecule has 0 amide bonds. The Bertz CT molecular complexity index is 645. The summed E-state index contributed by atoms with van der Waals surface area (Å²) in [6.07, 6.45) is 0. The van der Waals surface area contributed by atoms with Crippen molar-refractivity contribution in [1.29, 1.82) is 0 Å². The van der Waals surface area contributed by atoms with Crippen LogP contribution in [0.3, 0.4) is 0 Å². The van der Waals surface area contributed by atoms with Crippen LogP contribution in [0, 0.1) is 0 Å². The van der Waals surface area contributed by atoms with Gasteiger partial charge in [0, 0.05) is 9.37 Å². The van der Waals surface area contributed by atoms with E-state index in [1.54, 1.807) is 11.3 Å². The minimum absolute atomic E-state index is 0.926. The quantitative estimate of drug-likeness (QED) is 0.598. The van der Waals surface area contributed by atoms with E-state index in [0.717, 1.165) is 15.7 Å². The van der Waals surface area contributed by atoms with Crippen LogP contribution in [0.15, 0.2) is 57.9 Å². The number of thioether (sulfide) groups is 1. The van der Waals surface area contributed by atoms with Gasteiger partial charge in [-0.25, -0.2) is 4.98 Å². The van der Waals surface area contributed by atoms with Crippen molar-refractivity contribution in [3.05, 3.63) is 58.0 Å². The maximum Gasteiger partial charge on any atom is 0.104 e. The van der Waals surface area contributed by atoms with E-state index in [2.05, 4.69) is 57.3 Å². The van der Waals surface area contributed by atoms with Gasteiger partial charge in [-0.05, 0) is 30.3 Å². The highest BCUT2D eigenvalue weighted by atomic mass is 79.9. The van der Waals surface area contributed by atoms with E-state index in [4.69, 9.17) is 0 Å². The molecule has 1 nitrogen and oxygen atoms in total. The van der Waals surface area contributed by atoms with E-state index in [0.29, 0.717) is 0 Å². The summed E-state index contributed by atoms with van der Waals surface area (Å²) in [6.45, 7) is 0. The molecule has 2 aromatic carbocycles. The van der Waals surface area contributed by atoms with Gasteiger partial charge in [0.1, 0.15) is 5.01 Å². The van der Waals surface area contributed by atoms with Gasteiger partial charge >= 0.3 is 0 Å². The predicted molar refractivity (Wildman–Crippen MR) is 83.3 cm³/mol. The zero-order chi connectivity index (χ0) is 12.4. The largest absolute Gasteiger partial charge is 0.240 e. The van der Waals surface area contributed by atoms with Gasteiger partial charge in [0.05, 0.1) is 16.0 Å². The first kappa shape index (κ1) is 12.2. The van der Waals surface area contributed by atoms with Gasteiger partial charge in [-0.2, -0.15) is 0 Å².